The fraction of sp³-hybridized carbons (Fsp3) is 1.00. The van der Waals surface area contributed by atoms with Crippen LogP contribution in [-0.2, 0) is 0 Å². The van der Waals surface area contributed by atoms with Crippen molar-refractivity contribution in [1.29, 1.82) is 0 Å². The molecule has 0 saturated heterocycles. The van der Waals surface area contributed by atoms with E-state index in [0.717, 1.165) is 0 Å². The second-order valence-electron chi connectivity index (χ2n) is 4.07. The molecule has 0 aromatic carbocycles. The van der Waals surface area contributed by atoms with Gasteiger partial charge in [-0.1, -0.05) is 27.7 Å². The number of alkyl halides is 2. The molecule has 0 bridgehead atoms. The quantitative estimate of drug-likeness (QED) is 0.699. The number of hydrogen-bond acceptors (Lipinski definition) is 1. The van der Waals surface area contributed by atoms with Crippen LogP contribution in [0.4, 0.5) is 8.78 Å². The predicted molar refractivity (Wildman–Crippen MR) is 54.5 cm³/mol. The van der Waals surface area contributed by atoms with Gasteiger partial charge in [0, 0.05) is 12.8 Å². The molecule has 2 atom stereocenters. The van der Waals surface area contributed by atoms with Crippen LogP contribution in [0.2, 0.25) is 0 Å². The number of aliphatic hydroxyl groups is 1. The zero-order chi connectivity index (χ0) is 11.4. The van der Waals surface area contributed by atoms with E-state index in [1.54, 1.807) is 0 Å². The molecule has 0 amide bonds. The van der Waals surface area contributed by atoms with E-state index in [-0.39, 0.29) is 18.8 Å². The molecule has 1 aliphatic rings. The number of halogens is 2. The summed E-state index contributed by atoms with van der Waals surface area (Å²) in [7, 11) is 0. The molecule has 86 valence electrons. The van der Waals surface area contributed by atoms with Crippen molar-refractivity contribution in [3.8, 4) is 0 Å². The first-order valence-corrected chi connectivity index (χ1v) is 5.48. The highest BCUT2D eigenvalue weighted by Gasteiger charge is 2.41. The molecule has 1 N–H and O–H groups in total. The van der Waals surface area contributed by atoms with E-state index in [4.69, 9.17) is 0 Å². The summed E-state index contributed by atoms with van der Waals surface area (Å²) < 4.78 is 25.5. The van der Waals surface area contributed by atoms with Gasteiger partial charge < -0.3 is 5.11 Å². The predicted octanol–water partition coefficient (Wildman–Crippen LogP) is 3.46. The maximum atomic E-state index is 12.7. The van der Waals surface area contributed by atoms with Gasteiger partial charge in [-0.2, -0.15) is 0 Å². The normalized spacial score (nSPS) is 30.9. The van der Waals surface area contributed by atoms with Gasteiger partial charge in [-0.15, -0.1) is 0 Å². The standard InChI is InChI=1S/C9H16F2O.C2H6/c1-6(2)7-3-4-9(10,11)5-8(7)12;1-2/h6-8,12H,3-5H2,1-2H3;1-2H3. The molecule has 1 saturated carbocycles. The van der Waals surface area contributed by atoms with Gasteiger partial charge in [-0.25, -0.2) is 8.78 Å². The van der Waals surface area contributed by atoms with Crippen molar-refractivity contribution in [3.05, 3.63) is 0 Å². The zero-order valence-corrected chi connectivity index (χ0v) is 9.56. The molecule has 2 unspecified atom stereocenters. The Morgan fingerprint density at radius 3 is 2.14 bits per heavy atom. The van der Waals surface area contributed by atoms with Crippen LogP contribution in [0.25, 0.3) is 0 Å². The lowest BCUT2D eigenvalue weighted by atomic mass is 9.78. The van der Waals surface area contributed by atoms with E-state index in [1.807, 2.05) is 27.7 Å². The second-order valence-corrected chi connectivity index (χ2v) is 4.07. The van der Waals surface area contributed by atoms with Crippen LogP contribution in [0, 0.1) is 11.8 Å². The second kappa shape index (κ2) is 5.64. The molecule has 1 aliphatic carbocycles. The summed E-state index contributed by atoms with van der Waals surface area (Å²) in [6, 6.07) is 0. The highest BCUT2D eigenvalue weighted by Crippen LogP contribution is 2.39. The summed E-state index contributed by atoms with van der Waals surface area (Å²) in [4.78, 5) is 0. The molecule has 3 heteroatoms. The van der Waals surface area contributed by atoms with E-state index in [1.165, 1.54) is 0 Å². The first kappa shape index (κ1) is 13.8. The third-order valence-corrected chi connectivity index (χ3v) is 2.70. The summed E-state index contributed by atoms with van der Waals surface area (Å²) in [5, 5.41) is 9.39. The topological polar surface area (TPSA) is 20.2 Å². The van der Waals surface area contributed by atoms with Crippen LogP contribution in [0.5, 0.6) is 0 Å². The summed E-state index contributed by atoms with van der Waals surface area (Å²) in [6.45, 7) is 7.94. The lowest BCUT2D eigenvalue weighted by Gasteiger charge is -2.35. The van der Waals surface area contributed by atoms with Gasteiger partial charge in [0.25, 0.3) is 5.92 Å². The lowest BCUT2D eigenvalue weighted by molar-refractivity contribution is -0.105. The van der Waals surface area contributed by atoms with E-state index in [2.05, 4.69) is 0 Å². The Kier molecular flexibility index (Phi) is 5.57. The van der Waals surface area contributed by atoms with Crippen LogP contribution >= 0.6 is 0 Å². The third kappa shape index (κ3) is 3.91. The van der Waals surface area contributed by atoms with Crippen molar-refractivity contribution in [2.75, 3.05) is 0 Å². The van der Waals surface area contributed by atoms with Gasteiger partial charge in [0.15, 0.2) is 0 Å². The Morgan fingerprint density at radius 1 is 1.29 bits per heavy atom. The molecular formula is C11H22F2O. The largest absolute Gasteiger partial charge is 0.393 e. The van der Waals surface area contributed by atoms with Crippen molar-refractivity contribution in [2.24, 2.45) is 11.8 Å². The van der Waals surface area contributed by atoms with E-state index < -0.39 is 12.0 Å². The van der Waals surface area contributed by atoms with Crippen molar-refractivity contribution >= 4 is 0 Å². The highest BCUT2D eigenvalue weighted by atomic mass is 19.3. The van der Waals surface area contributed by atoms with Gasteiger partial charge in [0.05, 0.1) is 6.10 Å². The molecule has 0 radical (unpaired) electrons. The monoisotopic (exact) mass is 208 g/mol. The molecule has 1 rings (SSSR count). The molecule has 14 heavy (non-hydrogen) atoms. The van der Waals surface area contributed by atoms with Crippen LogP contribution in [0.3, 0.4) is 0 Å². The molecule has 0 aromatic rings. The minimum atomic E-state index is -2.63. The molecule has 0 aliphatic heterocycles. The zero-order valence-electron chi connectivity index (χ0n) is 9.56. The molecular weight excluding hydrogens is 186 g/mol. The maximum absolute atomic E-state index is 12.7. The summed E-state index contributed by atoms with van der Waals surface area (Å²) >= 11 is 0. The fourth-order valence-corrected chi connectivity index (χ4v) is 1.91. The number of aliphatic hydroxyl groups excluding tert-OH is 1. The third-order valence-electron chi connectivity index (χ3n) is 2.70. The van der Waals surface area contributed by atoms with Crippen molar-refractivity contribution in [2.45, 2.75) is 59.0 Å². The van der Waals surface area contributed by atoms with E-state index in [9.17, 15) is 13.9 Å². The minimum Gasteiger partial charge on any atom is -0.393 e. The number of rotatable bonds is 1. The van der Waals surface area contributed by atoms with Crippen LogP contribution in [0.15, 0.2) is 0 Å². The van der Waals surface area contributed by atoms with Gasteiger partial charge in [0.1, 0.15) is 0 Å². The Bertz CT molecular complexity index is 157. The van der Waals surface area contributed by atoms with Crippen molar-refractivity contribution < 1.29 is 13.9 Å². The van der Waals surface area contributed by atoms with Gasteiger partial charge in [-0.05, 0) is 18.3 Å². The molecule has 1 fully saturated rings. The average Bonchev–Trinajstić information content (AvgIpc) is 2.05. The van der Waals surface area contributed by atoms with Crippen molar-refractivity contribution in [1.82, 2.24) is 0 Å². The highest BCUT2D eigenvalue weighted by molar-refractivity contribution is 4.85. The van der Waals surface area contributed by atoms with Gasteiger partial charge in [-0.3, -0.25) is 0 Å². The molecule has 0 aromatic heterocycles. The first-order valence-electron chi connectivity index (χ1n) is 5.48. The average molecular weight is 208 g/mol. The minimum absolute atomic E-state index is 0.0598. The van der Waals surface area contributed by atoms with E-state index in [0.29, 0.717) is 12.3 Å². The maximum Gasteiger partial charge on any atom is 0.250 e. The summed E-state index contributed by atoms with van der Waals surface area (Å²) in [5.74, 6) is -2.27. The fourth-order valence-electron chi connectivity index (χ4n) is 1.91. The van der Waals surface area contributed by atoms with Crippen LogP contribution < -0.4 is 0 Å². The molecule has 0 spiro atoms. The van der Waals surface area contributed by atoms with Gasteiger partial charge >= 0.3 is 0 Å². The van der Waals surface area contributed by atoms with Crippen LogP contribution in [-0.4, -0.2) is 17.1 Å². The van der Waals surface area contributed by atoms with Gasteiger partial charge in [0.2, 0.25) is 0 Å². The SMILES string of the molecule is CC.CC(C)C1CCC(F)(F)CC1O. The Morgan fingerprint density at radius 2 is 1.79 bits per heavy atom. The molecule has 1 nitrogen and oxygen atoms in total. The smallest absolute Gasteiger partial charge is 0.250 e. The summed E-state index contributed by atoms with van der Waals surface area (Å²) in [6.07, 6.45) is -0.775. The summed E-state index contributed by atoms with van der Waals surface area (Å²) in [5.41, 5.74) is 0. The first-order chi connectivity index (χ1) is 6.42. The van der Waals surface area contributed by atoms with Crippen molar-refractivity contribution in [3.63, 3.8) is 0 Å². The number of hydrogen-bond donors (Lipinski definition) is 1. The Labute approximate surface area is 85.5 Å². The van der Waals surface area contributed by atoms with Crippen LogP contribution in [0.1, 0.15) is 47.0 Å². The Hall–Kier alpha value is -0.180. The lowest BCUT2D eigenvalue weighted by Crippen LogP contribution is -2.38. The Balaban J connectivity index is 0.000000791. The molecule has 0 heterocycles. The van der Waals surface area contributed by atoms with E-state index >= 15 is 0 Å².